The maximum absolute atomic E-state index is 10.8. The average molecular weight is 265 g/mol. The summed E-state index contributed by atoms with van der Waals surface area (Å²) in [6.07, 6.45) is 0.843. The van der Waals surface area contributed by atoms with Gasteiger partial charge in [0.25, 0.3) is 0 Å². The minimum Gasteiger partial charge on any atom is -0.388 e. The van der Waals surface area contributed by atoms with Gasteiger partial charge in [-0.2, -0.15) is 0 Å². The maximum Gasteiger partial charge on any atom is 0.150 e. The van der Waals surface area contributed by atoms with E-state index in [1.165, 1.54) is 0 Å². The van der Waals surface area contributed by atoms with Gasteiger partial charge in [-0.1, -0.05) is 0 Å². The molecule has 0 aliphatic heterocycles. The Kier molecular flexibility index (Phi) is 2.99. The number of carbonyl (C=O) groups is 1. The van der Waals surface area contributed by atoms with Crippen LogP contribution in [0.5, 0.6) is 0 Å². The molecule has 0 spiro atoms. The minimum atomic E-state index is 0.646. The summed E-state index contributed by atoms with van der Waals surface area (Å²) in [4.78, 5) is 15.5. The quantitative estimate of drug-likeness (QED) is 0.740. The van der Waals surface area contributed by atoms with Gasteiger partial charge in [-0.05, 0) is 42.5 Å². The maximum atomic E-state index is 10.8. The number of nitrogens with one attached hydrogen (secondary N) is 1. The van der Waals surface area contributed by atoms with E-state index in [4.69, 9.17) is 0 Å². The SMILES string of the molecule is CNc1ccc(-c2nc3cc(C=O)ccc3n2C)cc1. The molecule has 0 radical (unpaired) electrons. The third kappa shape index (κ3) is 1.95. The molecule has 3 aromatic rings. The summed E-state index contributed by atoms with van der Waals surface area (Å²) in [5, 5.41) is 3.10. The van der Waals surface area contributed by atoms with E-state index < -0.39 is 0 Å². The number of hydrogen-bond donors (Lipinski definition) is 1. The highest BCUT2D eigenvalue weighted by atomic mass is 16.1. The van der Waals surface area contributed by atoms with Crippen molar-refractivity contribution >= 4 is 23.0 Å². The lowest BCUT2D eigenvalue weighted by Gasteiger charge is -2.04. The molecule has 0 saturated heterocycles. The number of aromatic nitrogens is 2. The lowest BCUT2D eigenvalue weighted by molar-refractivity contribution is 0.112. The molecule has 0 amide bonds. The smallest absolute Gasteiger partial charge is 0.150 e. The fourth-order valence-corrected chi connectivity index (χ4v) is 2.33. The lowest BCUT2D eigenvalue weighted by atomic mass is 10.2. The Hall–Kier alpha value is -2.62. The van der Waals surface area contributed by atoms with Crippen LogP contribution in [0.2, 0.25) is 0 Å². The second kappa shape index (κ2) is 4.81. The van der Waals surface area contributed by atoms with E-state index in [0.29, 0.717) is 5.56 Å². The van der Waals surface area contributed by atoms with Crippen molar-refractivity contribution in [1.82, 2.24) is 9.55 Å². The van der Waals surface area contributed by atoms with E-state index in [2.05, 4.69) is 10.3 Å². The van der Waals surface area contributed by atoms with Crippen LogP contribution in [0.15, 0.2) is 42.5 Å². The zero-order valence-electron chi connectivity index (χ0n) is 11.4. The molecule has 0 fully saturated rings. The van der Waals surface area contributed by atoms with Gasteiger partial charge in [-0.3, -0.25) is 4.79 Å². The van der Waals surface area contributed by atoms with Gasteiger partial charge in [0, 0.05) is 30.9 Å². The van der Waals surface area contributed by atoms with Crippen molar-refractivity contribution in [2.75, 3.05) is 12.4 Å². The fraction of sp³-hybridized carbons (Fsp3) is 0.125. The number of anilines is 1. The first-order chi connectivity index (χ1) is 9.72. The summed E-state index contributed by atoms with van der Waals surface area (Å²) in [5.41, 5.74) is 4.62. The van der Waals surface area contributed by atoms with Crippen LogP contribution in [0.25, 0.3) is 22.4 Å². The number of rotatable bonds is 3. The molecule has 0 unspecified atom stereocenters. The van der Waals surface area contributed by atoms with Gasteiger partial charge in [0.1, 0.15) is 12.1 Å². The van der Waals surface area contributed by atoms with Gasteiger partial charge in [0.15, 0.2) is 0 Å². The van der Waals surface area contributed by atoms with E-state index >= 15 is 0 Å². The Balaban J connectivity index is 2.15. The fourth-order valence-electron chi connectivity index (χ4n) is 2.33. The highest BCUT2D eigenvalue weighted by Gasteiger charge is 2.10. The zero-order valence-corrected chi connectivity index (χ0v) is 11.4. The molecule has 0 atom stereocenters. The average Bonchev–Trinajstić information content (AvgIpc) is 2.84. The van der Waals surface area contributed by atoms with Crippen LogP contribution in [0.4, 0.5) is 5.69 Å². The van der Waals surface area contributed by atoms with Crippen molar-refractivity contribution < 1.29 is 4.79 Å². The monoisotopic (exact) mass is 265 g/mol. The standard InChI is InChI=1S/C16H15N3O/c1-17-13-6-4-12(5-7-13)16-18-14-9-11(10-20)3-8-15(14)19(16)2/h3-10,17H,1-2H3. The predicted octanol–water partition coefficient (Wildman–Crippen LogP) is 3.09. The number of nitrogens with zero attached hydrogens (tertiary/aromatic N) is 2. The molecule has 4 heteroatoms. The number of fused-ring (bicyclic) bond motifs is 1. The molecule has 4 nitrogen and oxygen atoms in total. The number of aldehydes is 1. The molecule has 20 heavy (non-hydrogen) atoms. The Morgan fingerprint density at radius 2 is 1.90 bits per heavy atom. The number of aryl methyl sites for hydroxylation is 1. The summed E-state index contributed by atoms with van der Waals surface area (Å²) >= 11 is 0. The van der Waals surface area contributed by atoms with Gasteiger partial charge in [-0.25, -0.2) is 4.98 Å². The van der Waals surface area contributed by atoms with E-state index in [0.717, 1.165) is 34.4 Å². The summed E-state index contributed by atoms with van der Waals surface area (Å²) in [6.45, 7) is 0. The first kappa shape index (κ1) is 12.4. The highest BCUT2D eigenvalue weighted by Crippen LogP contribution is 2.25. The van der Waals surface area contributed by atoms with Gasteiger partial charge < -0.3 is 9.88 Å². The Morgan fingerprint density at radius 3 is 2.55 bits per heavy atom. The van der Waals surface area contributed by atoms with Crippen molar-refractivity contribution in [3.05, 3.63) is 48.0 Å². The second-order valence-electron chi connectivity index (χ2n) is 4.69. The van der Waals surface area contributed by atoms with Gasteiger partial charge in [-0.15, -0.1) is 0 Å². The summed E-state index contributed by atoms with van der Waals surface area (Å²) in [7, 11) is 3.88. The van der Waals surface area contributed by atoms with Crippen LogP contribution in [0.1, 0.15) is 10.4 Å². The second-order valence-corrected chi connectivity index (χ2v) is 4.69. The molecular formula is C16H15N3O. The van der Waals surface area contributed by atoms with Gasteiger partial charge in [0.05, 0.1) is 11.0 Å². The van der Waals surface area contributed by atoms with E-state index in [1.54, 1.807) is 0 Å². The van der Waals surface area contributed by atoms with E-state index in [1.807, 2.05) is 61.1 Å². The van der Waals surface area contributed by atoms with Crippen LogP contribution in [-0.2, 0) is 7.05 Å². The number of carbonyl (C=O) groups excluding carboxylic acids is 1. The van der Waals surface area contributed by atoms with Crippen molar-refractivity contribution in [2.24, 2.45) is 7.05 Å². The van der Waals surface area contributed by atoms with Crippen LogP contribution < -0.4 is 5.32 Å². The zero-order chi connectivity index (χ0) is 14.1. The third-order valence-corrected chi connectivity index (χ3v) is 3.47. The minimum absolute atomic E-state index is 0.646. The van der Waals surface area contributed by atoms with Crippen molar-refractivity contribution in [1.29, 1.82) is 0 Å². The Morgan fingerprint density at radius 1 is 1.15 bits per heavy atom. The molecule has 0 aliphatic rings. The van der Waals surface area contributed by atoms with Crippen molar-refractivity contribution in [2.45, 2.75) is 0 Å². The third-order valence-electron chi connectivity index (χ3n) is 3.47. The van der Waals surface area contributed by atoms with E-state index in [9.17, 15) is 4.79 Å². The van der Waals surface area contributed by atoms with Gasteiger partial charge >= 0.3 is 0 Å². The van der Waals surface area contributed by atoms with Crippen molar-refractivity contribution in [3.63, 3.8) is 0 Å². The molecule has 0 aliphatic carbocycles. The molecular weight excluding hydrogens is 250 g/mol. The topological polar surface area (TPSA) is 46.9 Å². The Labute approximate surface area is 117 Å². The predicted molar refractivity (Wildman–Crippen MR) is 81.1 cm³/mol. The first-order valence-electron chi connectivity index (χ1n) is 6.43. The van der Waals surface area contributed by atoms with Crippen LogP contribution in [-0.4, -0.2) is 22.9 Å². The molecule has 0 saturated carbocycles. The molecule has 2 aromatic carbocycles. The van der Waals surface area contributed by atoms with Crippen LogP contribution in [0, 0.1) is 0 Å². The van der Waals surface area contributed by atoms with E-state index in [-0.39, 0.29) is 0 Å². The summed E-state index contributed by atoms with van der Waals surface area (Å²) in [5.74, 6) is 0.894. The molecule has 100 valence electrons. The molecule has 1 heterocycles. The lowest BCUT2D eigenvalue weighted by Crippen LogP contribution is -1.93. The summed E-state index contributed by atoms with van der Waals surface area (Å²) in [6, 6.07) is 13.7. The van der Waals surface area contributed by atoms with Crippen LogP contribution in [0.3, 0.4) is 0 Å². The molecule has 1 N–H and O–H groups in total. The summed E-state index contributed by atoms with van der Waals surface area (Å²) < 4.78 is 2.04. The molecule has 1 aromatic heterocycles. The number of hydrogen-bond acceptors (Lipinski definition) is 3. The van der Waals surface area contributed by atoms with Crippen LogP contribution >= 0.6 is 0 Å². The number of imidazole rings is 1. The molecule has 3 rings (SSSR count). The largest absolute Gasteiger partial charge is 0.388 e. The first-order valence-corrected chi connectivity index (χ1v) is 6.43. The Bertz CT molecular complexity index is 772. The van der Waals surface area contributed by atoms with Gasteiger partial charge in [0.2, 0.25) is 0 Å². The molecule has 0 bridgehead atoms. The normalized spacial score (nSPS) is 10.7. The van der Waals surface area contributed by atoms with Crippen molar-refractivity contribution in [3.8, 4) is 11.4 Å². The highest BCUT2D eigenvalue weighted by molar-refractivity contribution is 5.87. The number of benzene rings is 2.